The minimum absolute atomic E-state index is 0.0771. The van der Waals surface area contributed by atoms with Crippen molar-refractivity contribution in [3.8, 4) is 5.75 Å². The number of nitrogens with two attached hydrogens (primary N) is 1. The van der Waals surface area contributed by atoms with Crippen LogP contribution in [0.4, 0.5) is 22.0 Å². The molecule has 1 amide bonds. The van der Waals surface area contributed by atoms with E-state index in [9.17, 15) is 26.7 Å². The van der Waals surface area contributed by atoms with Crippen LogP contribution in [0.1, 0.15) is 12.0 Å². The number of nitrogens with one attached hydrogen (secondary N) is 1. The number of carbonyl (C=O) groups is 1. The number of hydrogen-bond acceptors (Lipinski definition) is 3. The van der Waals surface area contributed by atoms with Gasteiger partial charge < -0.3 is 15.8 Å². The van der Waals surface area contributed by atoms with Crippen LogP contribution in [0.2, 0.25) is 0 Å². The van der Waals surface area contributed by atoms with E-state index in [-0.39, 0.29) is 18.4 Å². The molecule has 0 unspecified atom stereocenters. The Hall–Kier alpha value is -1.90. The predicted molar refractivity (Wildman–Crippen MR) is 68.5 cm³/mol. The molecule has 0 aliphatic rings. The third-order valence-corrected chi connectivity index (χ3v) is 2.66. The zero-order valence-electron chi connectivity index (χ0n) is 11.4. The van der Waals surface area contributed by atoms with E-state index in [4.69, 9.17) is 5.73 Å². The number of benzene rings is 1. The molecule has 0 aromatic heterocycles. The molecular weight excluding hydrogens is 311 g/mol. The summed E-state index contributed by atoms with van der Waals surface area (Å²) in [6, 6.07) is 5.32. The molecule has 1 aromatic rings. The van der Waals surface area contributed by atoms with Gasteiger partial charge in [0.2, 0.25) is 5.91 Å². The summed E-state index contributed by atoms with van der Waals surface area (Å²) in [5.74, 6) is -4.35. The molecule has 0 spiro atoms. The van der Waals surface area contributed by atoms with Gasteiger partial charge >= 0.3 is 6.36 Å². The smallest absolute Gasteiger partial charge is 0.406 e. The average Bonchev–Trinajstić information content (AvgIpc) is 2.43. The molecule has 124 valence electrons. The van der Waals surface area contributed by atoms with Gasteiger partial charge in [-0.05, 0) is 18.1 Å². The molecule has 0 atom stereocenters. The fourth-order valence-electron chi connectivity index (χ4n) is 1.57. The summed E-state index contributed by atoms with van der Waals surface area (Å²) >= 11 is 0. The lowest BCUT2D eigenvalue weighted by Gasteiger charge is -2.15. The lowest BCUT2D eigenvalue weighted by Crippen LogP contribution is -2.41. The highest BCUT2D eigenvalue weighted by Gasteiger charge is 2.32. The summed E-state index contributed by atoms with van der Waals surface area (Å²) in [6.07, 6.45) is -5.17. The molecule has 4 nitrogen and oxygen atoms in total. The molecule has 0 fully saturated rings. The van der Waals surface area contributed by atoms with E-state index in [0.717, 1.165) is 6.07 Å². The molecule has 0 aliphatic carbocycles. The first-order valence-electron chi connectivity index (χ1n) is 6.31. The standard InChI is InChI=1S/C13H15F5N2O2/c14-12(15,7-19)8-20-11(21)6-5-9-3-1-2-4-10(9)22-13(16,17)18/h1-4H,5-8,19H2,(H,20,21). The van der Waals surface area contributed by atoms with Crippen molar-refractivity contribution in [2.24, 2.45) is 5.73 Å². The van der Waals surface area contributed by atoms with Gasteiger partial charge in [-0.2, -0.15) is 0 Å². The molecule has 0 heterocycles. The average molecular weight is 326 g/mol. The summed E-state index contributed by atoms with van der Waals surface area (Å²) in [7, 11) is 0. The molecule has 0 bridgehead atoms. The first kappa shape index (κ1) is 18.1. The minimum Gasteiger partial charge on any atom is -0.406 e. The molecule has 9 heteroatoms. The van der Waals surface area contributed by atoms with Gasteiger partial charge in [0.05, 0.1) is 13.1 Å². The van der Waals surface area contributed by atoms with Crippen molar-refractivity contribution in [3.63, 3.8) is 0 Å². The molecule has 22 heavy (non-hydrogen) atoms. The van der Waals surface area contributed by atoms with Crippen LogP contribution < -0.4 is 15.8 Å². The fourth-order valence-corrected chi connectivity index (χ4v) is 1.57. The first-order valence-corrected chi connectivity index (χ1v) is 6.31. The lowest BCUT2D eigenvalue weighted by atomic mass is 10.1. The van der Waals surface area contributed by atoms with Crippen LogP contribution in [0, 0.1) is 0 Å². The van der Waals surface area contributed by atoms with Gasteiger partial charge in [0, 0.05) is 6.42 Å². The number of halogens is 5. The molecule has 0 radical (unpaired) electrons. The van der Waals surface area contributed by atoms with Gasteiger partial charge in [0.25, 0.3) is 5.92 Å². The maximum atomic E-state index is 12.8. The molecule has 0 saturated heterocycles. The Morgan fingerprint density at radius 3 is 2.41 bits per heavy atom. The number of rotatable bonds is 7. The largest absolute Gasteiger partial charge is 0.573 e. The van der Waals surface area contributed by atoms with Crippen molar-refractivity contribution in [3.05, 3.63) is 29.8 Å². The number of amides is 1. The van der Waals surface area contributed by atoms with E-state index in [1.807, 2.05) is 5.32 Å². The normalized spacial score (nSPS) is 12.1. The summed E-state index contributed by atoms with van der Waals surface area (Å²) < 4.78 is 66.2. The van der Waals surface area contributed by atoms with Crippen LogP contribution in [0.15, 0.2) is 24.3 Å². The zero-order valence-corrected chi connectivity index (χ0v) is 11.4. The van der Waals surface area contributed by atoms with E-state index in [0.29, 0.717) is 0 Å². The van der Waals surface area contributed by atoms with Gasteiger partial charge in [-0.25, -0.2) is 8.78 Å². The zero-order chi connectivity index (χ0) is 16.8. The Bertz CT molecular complexity index is 505. The van der Waals surface area contributed by atoms with Crippen molar-refractivity contribution in [2.45, 2.75) is 25.1 Å². The number of aryl methyl sites for hydroxylation is 1. The van der Waals surface area contributed by atoms with E-state index in [1.54, 1.807) is 0 Å². The topological polar surface area (TPSA) is 64.3 Å². The Morgan fingerprint density at radius 2 is 1.82 bits per heavy atom. The number of para-hydroxylation sites is 1. The highest BCUT2D eigenvalue weighted by atomic mass is 19.4. The van der Waals surface area contributed by atoms with E-state index < -0.39 is 37.0 Å². The Labute approximate surface area is 123 Å². The van der Waals surface area contributed by atoms with Gasteiger partial charge in [0.1, 0.15) is 5.75 Å². The summed E-state index contributed by atoms with van der Waals surface area (Å²) in [6.45, 7) is -1.82. The predicted octanol–water partition coefficient (Wildman–Crippen LogP) is 2.23. The summed E-state index contributed by atoms with van der Waals surface area (Å²) in [4.78, 5) is 11.4. The van der Waals surface area contributed by atoms with Crippen LogP contribution in [0.25, 0.3) is 0 Å². The van der Waals surface area contributed by atoms with E-state index >= 15 is 0 Å². The molecule has 1 rings (SSSR count). The van der Waals surface area contributed by atoms with Crippen LogP contribution in [0.3, 0.4) is 0 Å². The van der Waals surface area contributed by atoms with Crippen LogP contribution in [-0.2, 0) is 11.2 Å². The molecule has 1 aromatic carbocycles. The second-order valence-electron chi connectivity index (χ2n) is 4.49. The highest BCUT2D eigenvalue weighted by Crippen LogP contribution is 2.26. The van der Waals surface area contributed by atoms with Crippen molar-refractivity contribution in [1.29, 1.82) is 0 Å². The third kappa shape index (κ3) is 6.70. The maximum absolute atomic E-state index is 12.8. The number of ether oxygens (including phenoxy) is 1. The van der Waals surface area contributed by atoms with E-state index in [1.165, 1.54) is 18.2 Å². The Kier molecular flexibility index (Phi) is 6.10. The fraction of sp³-hybridized carbons (Fsp3) is 0.462. The first-order chi connectivity index (χ1) is 10.1. The van der Waals surface area contributed by atoms with Crippen molar-refractivity contribution < 1.29 is 31.5 Å². The quantitative estimate of drug-likeness (QED) is 0.755. The third-order valence-electron chi connectivity index (χ3n) is 2.66. The van der Waals surface area contributed by atoms with Gasteiger partial charge in [0.15, 0.2) is 0 Å². The summed E-state index contributed by atoms with van der Waals surface area (Å²) in [5, 5.41) is 1.98. The molecule has 3 N–H and O–H groups in total. The van der Waals surface area contributed by atoms with Crippen molar-refractivity contribution in [1.82, 2.24) is 5.32 Å². The molecule has 0 saturated carbocycles. The summed E-state index contributed by atoms with van der Waals surface area (Å²) in [5.41, 5.74) is 4.97. The van der Waals surface area contributed by atoms with Crippen LogP contribution in [0.5, 0.6) is 5.75 Å². The van der Waals surface area contributed by atoms with Gasteiger partial charge in [-0.15, -0.1) is 13.2 Å². The number of alkyl halides is 5. The van der Waals surface area contributed by atoms with Crippen LogP contribution in [-0.4, -0.2) is 31.3 Å². The molecule has 0 aliphatic heterocycles. The lowest BCUT2D eigenvalue weighted by molar-refractivity contribution is -0.274. The van der Waals surface area contributed by atoms with Crippen LogP contribution >= 0.6 is 0 Å². The van der Waals surface area contributed by atoms with E-state index in [2.05, 4.69) is 4.74 Å². The highest BCUT2D eigenvalue weighted by molar-refractivity contribution is 5.76. The Morgan fingerprint density at radius 1 is 1.18 bits per heavy atom. The van der Waals surface area contributed by atoms with Crippen molar-refractivity contribution in [2.75, 3.05) is 13.1 Å². The maximum Gasteiger partial charge on any atom is 0.573 e. The van der Waals surface area contributed by atoms with Gasteiger partial charge in [-0.1, -0.05) is 18.2 Å². The minimum atomic E-state index is -4.85. The number of carbonyl (C=O) groups excluding carboxylic acids is 1. The second kappa shape index (κ2) is 7.39. The SMILES string of the molecule is NCC(F)(F)CNC(=O)CCc1ccccc1OC(F)(F)F. The monoisotopic (exact) mass is 326 g/mol. The molecular formula is C13H15F5N2O2. The number of hydrogen-bond donors (Lipinski definition) is 2. The second-order valence-corrected chi connectivity index (χ2v) is 4.49. The van der Waals surface area contributed by atoms with Crippen molar-refractivity contribution >= 4 is 5.91 Å². The Balaban J connectivity index is 2.56. The van der Waals surface area contributed by atoms with Gasteiger partial charge in [-0.3, -0.25) is 4.79 Å².